The number of hydrazone groups is 1. The number of nitrogens with one attached hydrogen (secondary N) is 2. The Morgan fingerprint density at radius 1 is 0.875 bits per heavy atom. The number of hydrogen-bond donors (Lipinski definition) is 2. The lowest BCUT2D eigenvalue weighted by Gasteiger charge is -2.08. The Bertz CT molecular complexity index is 1570. The van der Waals surface area contributed by atoms with E-state index in [0.29, 0.717) is 5.69 Å². The average molecular weight is 537 g/mol. The molecule has 0 bridgehead atoms. The molecule has 0 atom stereocenters. The van der Waals surface area contributed by atoms with Crippen LogP contribution in [0.15, 0.2) is 102 Å². The van der Waals surface area contributed by atoms with Crippen molar-refractivity contribution in [3.05, 3.63) is 135 Å². The third kappa shape index (κ3) is 7.23. The van der Waals surface area contributed by atoms with Crippen molar-refractivity contribution in [2.24, 2.45) is 5.10 Å². The lowest BCUT2D eigenvalue weighted by atomic mass is 10.1. The number of ether oxygens (including phenoxy) is 1. The third-order valence-corrected chi connectivity index (χ3v) is 5.71. The molecule has 0 aliphatic heterocycles. The highest BCUT2D eigenvalue weighted by Gasteiger charge is 2.22. The monoisotopic (exact) mass is 536 g/mol. The van der Waals surface area contributed by atoms with Crippen LogP contribution in [-0.2, 0) is 11.2 Å². The van der Waals surface area contributed by atoms with E-state index in [1.807, 2.05) is 37.3 Å². The summed E-state index contributed by atoms with van der Waals surface area (Å²) in [6, 6.07) is 26.2. The molecule has 4 rings (SSSR count). The lowest BCUT2D eigenvalue weighted by Crippen LogP contribution is -2.18. The SMILES string of the molecule is Cc1ccc(C(=O)Oc2c(/C=N/NC(=O)c3ccc(NC(=O)Cc4ccccc4)cc3)cccc2[N+](=O)[O-])cc1. The molecule has 200 valence electrons. The van der Waals surface area contributed by atoms with E-state index in [2.05, 4.69) is 15.8 Å². The normalized spacial score (nSPS) is 10.6. The minimum absolute atomic E-state index is 0.117. The highest BCUT2D eigenvalue weighted by molar-refractivity contribution is 5.97. The van der Waals surface area contributed by atoms with Gasteiger partial charge in [0.2, 0.25) is 11.7 Å². The van der Waals surface area contributed by atoms with Gasteiger partial charge in [-0.1, -0.05) is 54.1 Å². The molecule has 0 radical (unpaired) electrons. The van der Waals surface area contributed by atoms with Crippen LogP contribution in [0.3, 0.4) is 0 Å². The fourth-order valence-electron chi connectivity index (χ4n) is 3.66. The molecule has 0 aromatic heterocycles. The topological polar surface area (TPSA) is 140 Å². The summed E-state index contributed by atoms with van der Waals surface area (Å²) >= 11 is 0. The van der Waals surface area contributed by atoms with E-state index in [4.69, 9.17) is 4.74 Å². The summed E-state index contributed by atoms with van der Waals surface area (Å²) in [4.78, 5) is 48.3. The van der Waals surface area contributed by atoms with E-state index >= 15 is 0 Å². The van der Waals surface area contributed by atoms with Gasteiger partial charge in [-0.2, -0.15) is 5.10 Å². The minimum Gasteiger partial charge on any atom is -0.415 e. The number of nitro groups is 1. The largest absolute Gasteiger partial charge is 0.415 e. The maximum atomic E-state index is 12.6. The number of anilines is 1. The number of carbonyl (C=O) groups excluding carboxylic acids is 3. The van der Waals surface area contributed by atoms with Crippen molar-refractivity contribution in [2.75, 3.05) is 5.32 Å². The van der Waals surface area contributed by atoms with Gasteiger partial charge in [-0.3, -0.25) is 19.7 Å². The first kappa shape index (κ1) is 27.4. The van der Waals surface area contributed by atoms with Crippen LogP contribution in [0.1, 0.15) is 37.4 Å². The third-order valence-electron chi connectivity index (χ3n) is 5.71. The van der Waals surface area contributed by atoms with Gasteiger partial charge in [0.1, 0.15) is 0 Å². The van der Waals surface area contributed by atoms with E-state index in [1.165, 1.54) is 30.3 Å². The molecule has 0 spiro atoms. The molecule has 2 N–H and O–H groups in total. The molecule has 0 unspecified atom stereocenters. The van der Waals surface area contributed by atoms with E-state index in [-0.39, 0.29) is 34.8 Å². The lowest BCUT2D eigenvalue weighted by molar-refractivity contribution is -0.385. The number of esters is 1. The van der Waals surface area contributed by atoms with Gasteiger partial charge in [-0.25, -0.2) is 10.2 Å². The average Bonchev–Trinajstić information content (AvgIpc) is 2.94. The predicted octanol–water partition coefficient (Wildman–Crippen LogP) is 5.07. The molecule has 0 aliphatic rings. The molecular formula is C30H24N4O6. The van der Waals surface area contributed by atoms with Crippen LogP contribution in [0, 0.1) is 17.0 Å². The van der Waals surface area contributed by atoms with Gasteiger partial charge in [0, 0.05) is 22.9 Å². The van der Waals surface area contributed by atoms with Crippen molar-refractivity contribution in [1.29, 1.82) is 0 Å². The molecule has 4 aromatic rings. The van der Waals surface area contributed by atoms with E-state index < -0.39 is 22.5 Å². The number of para-hydroxylation sites is 1. The molecule has 40 heavy (non-hydrogen) atoms. The first-order chi connectivity index (χ1) is 19.3. The molecule has 0 fully saturated rings. The summed E-state index contributed by atoms with van der Waals surface area (Å²) in [5.74, 6) is -1.82. The zero-order valence-electron chi connectivity index (χ0n) is 21.4. The standard InChI is InChI=1S/C30H24N4O6/c1-20-10-12-23(13-11-20)30(37)40-28-24(8-5-9-26(28)34(38)39)19-31-33-29(36)22-14-16-25(17-15-22)32-27(35)18-21-6-3-2-4-7-21/h2-17,19H,18H2,1H3,(H,32,35)(H,33,36)/b31-19+. The van der Waals surface area contributed by atoms with Gasteiger partial charge >= 0.3 is 11.7 Å². The van der Waals surface area contributed by atoms with Gasteiger partial charge in [0.15, 0.2) is 0 Å². The summed E-state index contributed by atoms with van der Waals surface area (Å²) < 4.78 is 5.37. The van der Waals surface area contributed by atoms with Crippen molar-refractivity contribution < 1.29 is 24.0 Å². The van der Waals surface area contributed by atoms with Crippen LogP contribution in [0.2, 0.25) is 0 Å². The van der Waals surface area contributed by atoms with Gasteiger partial charge in [0.05, 0.1) is 23.1 Å². The summed E-state index contributed by atoms with van der Waals surface area (Å²) in [7, 11) is 0. The highest BCUT2D eigenvalue weighted by Crippen LogP contribution is 2.30. The highest BCUT2D eigenvalue weighted by atomic mass is 16.6. The number of amides is 2. The maximum Gasteiger partial charge on any atom is 0.343 e. The van der Waals surface area contributed by atoms with Crippen molar-refractivity contribution in [3.63, 3.8) is 0 Å². The zero-order valence-corrected chi connectivity index (χ0v) is 21.4. The number of carbonyl (C=O) groups is 3. The van der Waals surface area contributed by atoms with Gasteiger partial charge in [-0.15, -0.1) is 0 Å². The summed E-state index contributed by atoms with van der Waals surface area (Å²) in [5, 5.41) is 18.2. The van der Waals surface area contributed by atoms with E-state index in [0.717, 1.165) is 17.3 Å². The number of nitrogens with zero attached hydrogens (tertiary/aromatic N) is 2. The predicted molar refractivity (Wildman–Crippen MR) is 150 cm³/mol. The van der Waals surface area contributed by atoms with Crippen LogP contribution < -0.4 is 15.5 Å². The minimum atomic E-state index is -0.774. The maximum absolute atomic E-state index is 12.6. The Morgan fingerprint density at radius 3 is 2.23 bits per heavy atom. The number of rotatable bonds is 9. The zero-order chi connectivity index (χ0) is 28.5. The molecule has 0 aliphatic carbocycles. The molecule has 10 heteroatoms. The molecule has 4 aromatic carbocycles. The second kappa shape index (κ2) is 12.7. The van der Waals surface area contributed by atoms with Gasteiger partial charge in [-0.05, 0) is 55.0 Å². The van der Waals surface area contributed by atoms with Crippen molar-refractivity contribution >= 4 is 35.4 Å². The van der Waals surface area contributed by atoms with Crippen LogP contribution in [-0.4, -0.2) is 28.9 Å². The van der Waals surface area contributed by atoms with E-state index in [9.17, 15) is 24.5 Å². The molecule has 10 nitrogen and oxygen atoms in total. The van der Waals surface area contributed by atoms with Crippen molar-refractivity contribution in [3.8, 4) is 5.75 Å². The van der Waals surface area contributed by atoms with Crippen LogP contribution in [0.5, 0.6) is 5.75 Å². The van der Waals surface area contributed by atoms with Crippen LogP contribution in [0.25, 0.3) is 0 Å². The number of benzene rings is 4. The van der Waals surface area contributed by atoms with Gasteiger partial charge < -0.3 is 10.1 Å². The second-order valence-electron chi connectivity index (χ2n) is 8.70. The Labute approximate surface area is 229 Å². The fourth-order valence-corrected chi connectivity index (χ4v) is 3.66. The Morgan fingerprint density at radius 2 is 1.55 bits per heavy atom. The molecule has 2 amide bonds. The summed E-state index contributed by atoms with van der Waals surface area (Å²) in [6.45, 7) is 1.86. The fraction of sp³-hybridized carbons (Fsp3) is 0.0667. The number of hydrogen-bond acceptors (Lipinski definition) is 7. The van der Waals surface area contributed by atoms with Crippen LogP contribution in [0.4, 0.5) is 11.4 Å². The Kier molecular flexibility index (Phi) is 8.73. The summed E-state index contributed by atoms with van der Waals surface area (Å²) in [6.07, 6.45) is 1.37. The number of aryl methyl sites for hydroxylation is 1. The van der Waals surface area contributed by atoms with Crippen LogP contribution >= 0.6 is 0 Å². The molecule has 0 heterocycles. The van der Waals surface area contributed by atoms with Gasteiger partial charge in [0.25, 0.3) is 5.91 Å². The molecule has 0 saturated heterocycles. The Hall–Kier alpha value is -5.64. The second-order valence-corrected chi connectivity index (χ2v) is 8.70. The number of nitro benzene ring substituents is 1. The first-order valence-corrected chi connectivity index (χ1v) is 12.1. The molecular weight excluding hydrogens is 512 g/mol. The van der Waals surface area contributed by atoms with Crippen molar-refractivity contribution in [1.82, 2.24) is 5.43 Å². The molecule has 0 saturated carbocycles. The Balaban J connectivity index is 1.41. The quantitative estimate of drug-likeness (QED) is 0.101. The summed E-state index contributed by atoms with van der Waals surface area (Å²) in [5.41, 5.74) is 4.86. The van der Waals surface area contributed by atoms with Crippen molar-refractivity contribution in [2.45, 2.75) is 13.3 Å². The first-order valence-electron chi connectivity index (χ1n) is 12.1. The smallest absolute Gasteiger partial charge is 0.343 e. The van der Waals surface area contributed by atoms with E-state index in [1.54, 1.807) is 36.4 Å².